The van der Waals surface area contributed by atoms with Crippen molar-refractivity contribution < 1.29 is 4.74 Å². The summed E-state index contributed by atoms with van der Waals surface area (Å²) in [6.07, 6.45) is 2.05. The highest BCUT2D eigenvalue weighted by atomic mass is 127. The fourth-order valence-electron chi connectivity index (χ4n) is 1.88. The predicted molar refractivity (Wildman–Crippen MR) is 71.7 cm³/mol. The fourth-order valence-corrected chi connectivity index (χ4v) is 2.39. The molecule has 1 saturated heterocycles. The second kappa shape index (κ2) is 5.27. The van der Waals surface area contributed by atoms with Crippen molar-refractivity contribution in [3.63, 3.8) is 0 Å². The summed E-state index contributed by atoms with van der Waals surface area (Å²) < 4.78 is 6.47. The van der Waals surface area contributed by atoms with Gasteiger partial charge >= 0.3 is 0 Å². The van der Waals surface area contributed by atoms with E-state index in [2.05, 4.69) is 37.9 Å². The average Bonchev–Trinajstić information content (AvgIpc) is 2.76. The Labute approximate surface area is 109 Å². The first kappa shape index (κ1) is 12.0. The highest BCUT2D eigenvalue weighted by Gasteiger charge is 2.18. The van der Waals surface area contributed by atoms with Crippen LogP contribution >= 0.6 is 22.6 Å². The summed E-state index contributed by atoms with van der Waals surface area (Å²) in [6.45, 7) is 3.76. The van der Waals surface area contributed by atoms with E-state index < -0.39 is 0 Å². The molecule has 0 radical (unpaired) electrons. The number of hydrogen-bond acceptors (Lipinski definition) is 4. The van der Waals surface area contributed by atoms with Gasteiger partial charge in [0.2, 0.25) is 0 Å². The molecule has 16 heavy (non-hydrogen) atoms. The lowest BCUT2D eigenvalue weighted by Gasteiger charge is -2.10. The van der Waals surface area contributed by atoms with Gasteiger partial charge in [-0.05, 0) is 41.9 Å². The van der Waals surface area contributed by atoms with Crippen molar-refractivity contribution in [3.8, 4) is 0 Å². The molecule has 0 bridgehead atoms. The summed E-state index contributed by atoms with van der Waals surface area (Å²) >= 11 is 2.27. The number of nitrogens with one attached hydrogen (secondary N) is 1. The normalized spacial score (nSPS) is 20.1. The van der Waals surface area contributed by atoms with E-state index in [1.165, 1.54) is 0 Å². The van der Waals surface area contributed by atoms with Crippen molar-refractivity contribution in [1.82, 2.24) is 9.97 Å². The smallest absolute Gasteiger partial charge is 0.143 e. The monoisotopic (exact) mass is 333 g/mol. The van der Waals surface area contributed by atoms with Crippen LogP contribution in [-0.2, 0) is 11.2 Å². The highest BCUT2D eigenvalue weighted by Crippen LogP contribution is 2.21. The first-order chi connectivity index (χ1) is 7.70. The van der Waals surface area contributed by atoms with Gasteiger partial charge in [-0.3, -0.25) is 0 Å². The van der Waals surface area contributed by atoms with Crippen LogP contribution in [0.2, 0.25) is 0 Å². The van der Waals surface area contributed by atoms with E-state index in [1.807, 2.05) is 14.0 Å². The molecule has 2 heterocycles. The van der Waals surface area contributed by atoms with E-state index in [4.69, 9.17) is 4.74 Å². The lowest BCUT2D eigenvalue weighted by Crippen LogP contribution is -2.10. The van der Waals surface area contributed by atoms with Gasteiger partial charge in [-0.25, -0.2) is 9.97 Å². The number of aromatic nitrogens is 2. The topological polar surface area (TPSA) is 47.0 Å². The van der Waals surface area contributed by atoms with Crippen molar-refractivity contribution in [2.45, 2.75) is 19.8 Å². The maximum atomic E-state index is 5.37. The van der Waals surface area contributed by atoms with Crippen molar-refractivity contribution >= 4 is 28.4 Å². The summed E-state index contributed by atoms with van der Waals surface area (Å²) in [4.78, 5) is 9.06. The van der Waals surface area contributed by atoms with Crippen LogP contribution in [0, 0.1) is 16.4 Å². The summed E-state index contributed by atoms with van der Waals surface area (Å²) in [5.41, 5.74) is 1.05. The minimum Gasteiger partial charge on any atom is -0.381 e. The minimum atomic E-state index is 0.587. The lowest BCUT2D eigenvalue weighted by molar-refractivity contribution is 0.185. The van der Waals surface area contributed by atoms with Crippen molar-refractivity contribution in [3.05, 3.63) is 15.1 Å². The third kappa shape index (κ3) is 2.63. The Kier molecular flexibility index (Phi) is 3.96. The minimum absolute atomic E-state index is 0.587. The van der Waals surface area contributed by atoms with Crippen molar-refractivity contribution in [1.29, 1.82) is 0 Å². The fraction of sp³-hybridized carbons (Fsp3) is 0.636. The maximum absolute atomic E-state index is 5.37. The van der Waals surface area contributed by atoms with Crippen LogP contribution in [0.1, 0.15) is 17.9 Å². The number of aryl methyl sites for hydroxylation is 1. The molecule has 0 aliphatic carbocycles. The molecule has 4 nitrogen and oxygen atoms in total. The number of ether oxygens (including phenoxy) is 1. The van der Waals surface area contributed by atoms with Gasteiger partial charge < -0.3 is 10.1 Å². The largest absolute Gasteiger partial charge is 0.381 e. The van der Waals surface area contributed by atoms with Gasteiger partial charge in [-0.2, -0.15) is 0 Å². The molecule has 1 N–H and O–H groups in total. The molecule has 88 valence electrons. The SMILES string of the molecule is CNc1nc(CC2CCOC2)nc(C)c1I. The second-order valence-corrected chi connectivity index (χ2v) is 5.15. The molecule has 5 heteroatoms. The zero-order valence-corrected chi connectivity index (χ0v) is 11.7. The van der Waals surface area contributed by atoms with Crippen LogP contribution in [0.4, 0.5) is 5.82 Å². The third-order valence-corrected chi connectivity index (χ3v) is 4.09. The van der Waals surface area contributed by atoms with Gasteiger partial charge in [0.25, 0.3) is 0 Å². The molecular formula is C11H16IN3O. The zero-order valence-electron chi connectivity index (χ0n) is 9.59. The molecule has 1 aromatic rings. The van der Waals surface area contributed by atoms with Gasteiger partial charge in [0.05, 0.1) is 9.26 Å². The van der Waals surface area contributed by atoms with Crippen LogP contribution in [0.15, 0.2) is 0 Å². The van der Waals surface area contributed by atoms with Crippen LogP contribution in [0.3, 0.4) is 0 Å². The van der Waals surface area contributed by atoms with Crippen LogP contribution in [0.25, 0.3) is 0 Å². The molecular weight excluding hydrogens is 317 g/mol. The molecule has 0 saturated carbocycles. The Hall–Kier alpha value is -0.430. The first-order valence-electron chi connectivity index (χ1n) is 5.49. The lowest BCUT2D eigenvalue weighted by atomic mass is 10.0. The Morgan fingerprint density at radius 3 is 2.94 bits per heavy atom. The highest BCUT2D eigenvalue weighted by molar-refractivity contribution is 14.1. The predicted octanol–water partition coefficient (Wildman–Crippen LogP) is 2.01. The standard InChI is InChI=1S/C11H16IN3O/c1-7-10(12)11(13-2)15-9(14-7)5-8-3-4-16-6-8/h8H,3-6H2,1-2H3,(H,13,14,15). The molecule has 1 fully saturated rings. The molecule has 1 atom stereocenters. The van der Waals surface area contributed by atoms with Gasteiger partial charge in [-0.1, -0.05) is 0 Å². The summed E-state index contributed by atoms with van der Waals surface area (Å²) in [7, 11) is 1.90. The van der Waals surface area contributed by atoms with Crippen molar-refractivity contribution in [2.24, 2.45) is 5.92 Å². The number of hydrogen-bond donors (Lipinski definition) is 1. The third-order valence-electron chi connectivity index (χ3n) is 2.80. The number of halogens is 1. The summed E-state index contributed by atoms with van der Waals surface area (Å²) in [5.74, 6) is 2.45. The Morgan fingerprint density at radius 2 is 2.31 bits per heavy atom. The van der Waals surface area contributed by atoms with Crippen LogP contribution in [0.5, 0.6) is 0 Å². The summed E-state index contributed by atoms with van der Waals surface area (Å²) in [5, 5.41) is 3.11. The average molecular weight is 333 g/mol. The van der Waals surface area contributed by atoms with Gasteiger partial charge in [0.1, 0.15) is 11.6 Å². The number of anilines is 1. The number of nitrogens with zero attached hydrogens (tertiary/aromatic N) is 2. The second-order valence-electron chi connectivity index (χ2n) is 4.07. The van der Waals surface area contributed by atoms with E-state index in [9.17, 15) is 0 Å². The molecule has 0 aromatic carbocycles. The number of rotatable bonds is 3. The van der Waals surface area contributed by atoms with Crippen LogP contribution in [-0.4, -0.2) is 30.2 Å². The van der Waals surface area contributed by atoms with E-state index in [0.29, 0.717) is 5.92 Å². The van der Waals surface area contributed by atoms with E-state index in [0.717, 1.165) is 47.0 Å². The first-order valence-corrected chi connectivity index (χ1v) is 6.57. The van der Waals surface area contributed by atoms with Gasteiger partial charge in [0, 0.05) is 26.7 Å². The van der Waals surface area contributed by atoms with Gasteiger partial charge in [0.15, 0.2) is 0 Å². The van der Waals surface area contributed by atoms with E-state index in [1.54, 1.807) is 0 Å². The molecule has 0 amide bonds. The Morgan fingerprint density at radius 1 is 1.50 bits per heavy atom. The molecule has 1 unspecified atom stereocenters. The Balaban J connectivity index is 2.17. The van der Waals surface area contributed by atoms with Crippen molar-refractivity contribution in [2.75, 3.05) is 25.6 Å². The quantitative estimate of drug-likeness (QED) is 0.860. The Bertz CT molecular complexity index is 378. The summed E-state index contributed by atoms with van der Waals surface area (Å²) in [6, 6.07) is 0. The molecule has 1 aromatic heterocycles. The molecule has 2 rings (SSSR count). The van der Waals surface area contributed by atoms with Crippen LogP contribution < -0.4 is 5.32 Å². The maximum Gasteiger partial charge on any atom is 0.143 e. The van der Waals surface area contributed by atoms with E-state index >= 15 is 0 Å². The van der Waals surface area contributed by atoms with E-state index in [-0.39, 0.29) is 0 Å². The molecule has 1 aliphatic heterocycles. The van der Waals surface area contributed by atoms with Gasteiger partial charge in [-0.15, -0.1) is 0 Å². The zero-order chi connectivity index (χ0) is 11.5. The molecule has 1 aliphatic rings. The molecule has 0 spiro atoms.